The second kappa shape index (κ2) is 8.22. The third-order valence-electron chi connectivity index (χ3n) is 4.43. The monoisotopic (exact) mass is 329 g/mol. The van der Waals surface area contributed by atoms with E-state index >= 15 is 0 Å². The first-order chi connectivity index (χ1) is 11.7. The summed E-state index contributed by atoms with van der Waals surface area (Å²) >= 11 is 0. The van der Waals surface area contributed by atoms with Crippen molar-refractivity contribution in [1.29, 1.82) is 0 Å². The maximum atomic E-state index is 14.0. The molecule has 1 atom stereocenters. The van der Waals surface area contributed by atoms with E-state index in [0.29, 0.717) is 12.5 Å². The van der Waals surface area contributed by atoms with Gasteiger partial charge in [-0.1, -0.05) is 12.1 Å². The van der Waals surface area contributed by atoms with Crippen molar-refractivity contribution in [3.63, 3.8) is 0 Å². The first-order valence-corrected chi connectivity index (χ1v) is 8.39. The number of hydrogen-bond acceptors (Lipinski definition) is 4. The van der Waals surface area contributed by atoms with Crippen molar-refractivity contribution in [3.05, 3.63) is 59.7 Å². The van der Waals surface area contributed by atoms with Crippen molar-refractivity contribution in [2.24, 2.45) is 5.92 Å². The standard InChI is InChI=1S/C19H24FN3O/c1-24-19-5-4-15(9-18(19)20)12-23(14-17-6-8-22-11-17)13-16-3-2-7-21-10-16/h2-5,7,9-10,17,22H,6,8,11-14H2,1H3. The number of methoxy groups -OCH3 is 1. The minimum atomic E-state index is -0.307. The SMILES string of the molecule is COc1ccc(CN(Cc2cccnc2)CC2CCNC2)cc1F. The summed E-state index contributed by atoms with van der Waals surface area (Å²) in [6, 6.07) is 9.25. The fourth-order valence-electron chi connectivity index (χ4n) is 3.24. The van der Waals surface area contributed by atoms with Gasteiger partial charge in [-0.2, -0.15) is 0 Å². The molecule has 0 radical (unpaired) electrons. The Morgan fingerprint density at radius 1 is 1.29 bits per heavy atom. The minimum Gasteiger partial charge on any atom is -0.494 e. The van der Waals surface area contributed by atoms with Crippen molar-refractivity contribution in [2.45, 2.75) is 19.5 Å². The van der Waals surface area contributed by atoms with Gasteiger partial charge in [-0.3, -0.25) is 9.88 Å². The Morgan fingerprint density at radius 3 is 2.83 bits per heavy atom. The molecule has 128 valence electrons. The molecule has 3 rings (SSSR count). The van der Waals surface area contributed by atoms with Crippen LogP contribution in [0.2, 0.25) is 0 Å². The summed E-state index contributed by atoms with van der Waals surface area (Å²) in [5.41, 5.74) is 2.14. The molecule has 0 bridgehead atoms. The highest BCUT2D eigenvalue weighted by Crippen LogP contribution is 2.20. The number of nitrogens with zero attached hydrogens (tertiary/aromatic N) is 2. The van der Waals surface area contributed by atoms with E-state index in [1.165, 1.54) is 19.1 Å². The number of aromatic nitrogens is 1. The molecular formula is C19H24FN3O. The third kappa shape index (κ3) is 4.52. The van der Waals surface area contributed by atoms with Crippen LogP contribution in [0.25, 0.3) is 0 Å². The van der Waals surface area contributed by atoms with Crippen LogP contribution < -0.4 is 10.1 Å². The molecule has 2 aromatic rings. The average molecular weight is 329 g/mol. The quantitative estimate of drug-likeness (QED) is 0.848. The fraction of sp³-hybridized carbons (Fsp3) is 0.421. The van der Waals surface area contributed by atoms with Gasteiger partial charge in [0.25, 0.3) is 0 Å². The van der Waals surface area contributed by atoms with Crippen LogP contribution in [0.5, 0.6) is 5.75 Å². The van der Waals surface area contributed by atoms with Crippen molar-refractivity contribution in [2.75, 3.05) is 26.7 Å². The summed E-state index contributed by atoms with van der Waals surface area (Å²) in [4.78, 5) is 6.57. The van der Waals surface area contributed by atoms with Gasteiger partial charge in [0, 0.05) is 32.0 Å². The number of pyridine rings is 1. The first kappa shape index (κ1) is 16.9. The number of rotatable bonds is 7. The molecule has 0 spiro atoms. The molecule has 0 saturated carbocycles. The summed E-state index contributed by atoms with van der Waals surface area (Å²) in [6.45, 7) is 4.67. The Kier molecular flexibility index (Phi) is 5.77. The summed E-state index contributed by atoms with van der Waals surface area (Å²) < 4.78 is 19.0. The lowest BCUT2D eigenvalue weighted by Crippen LogP contribution is -2.30. The van der Waals surface area contributed by atoms with Gasteiger partial charge in [0.2, 0.25) is 0 Å². The number of ether oxygens (including phenoxy) is 1. The highest BCUT2D eigenvalue weighted by molar-refractivity contribution is 5.29. The molecule has 1 aliphatic rings. The average Bonchev–Trinajstić information content (AvgIpc) is 3.09. The van der Waals surface area contributed by atoms with Crippen molar-refractivity contribution >= 4 is 0 Å². The molecule has 1 fully saturated rings. The molecule has 1 aromatic heterocycles. The van der Waals surface area contributed by atoms with Gasteiger partial charge in [0.05, 0.1) is 7.11 Å². The van der Waals surface area contributed by atoms with Crippen LogP contribution in [0.4, 0.5) is 4.39 Å². The first-order valence-electron chi connectivity index (χ1n) is 8.39. The van der Waals surface area contributed by atoms with Gasteiger partial charge in [-0.15, -0.1) is 0 Å². The van der Waals surface area contributed by atoms with Gasteiger partial charge in [-0.05, 0) is 54.8 Å². The van der Waals surface area contributed by atoms with E-state index in [1.807, 2.05) is 18.3 Å². The Bertz CT molecular complexity index is 644. The predicted molar refractivity (Wildman–Crippen MR) is 92.3 cm³/mol. The molecule has 0 amide bonds. The highest BCUT2D eigenvalue weighted by atomic mass is 19.1. The minimum absolute atomic E-state index is 0.289. The van der Waals surface area contributed by atoms with E-state index in [2.05, 4.69) is 21.3 Å². The van der Waals surface area contributed by atoms with Gasteiger partial charge in [0.15, 0.2) is 11.6 Å². The van der Waals surface area contributed by atoms with E-state index in [4.69, 9.17) is 4.74 Å². The zero-order valence-corrected chi connectivity index (χ0v) is 14.0. The van der Waals surface area contributed by atoms with Crippen LogP contribution in [0, 0.1) is 11.7 Å². The number of benzene rings is 1. The molecule has 1 unspecified atom stereocenters. The maximum absolute atomic E-state index is 14.0. The van der Waals surface area contributed by atoms with Gasteiger partial charge in [-0.25, -0.2) is 4.39 Å². The Morgan fingerprint density at radius 2 is 2.17 bits per heavy atom. The van der Waals surface area contributed by atoms with Crippen LogP contribution in [-0.4, -0.2) is 36.6 Å². The maximum Gasteiger partial charge on any atom is 0.165 e. The summed E-state index contributed by atoms with van der Waals surface area (Å²) in [7, 11) is 1.49. The van der Waals surface area contributed by atoms with E-state index < -0.39 is 0 Å². The molecule has 0 aliphatic carbocycles. The Labute approximate surface area is 142 Å². The van der Waals surface area contributed by atoms with E-state index in [9.17, 15) is 4.39 Å². The van der Waals surface area contributed by atoms with Gasteiger partial charge < -0.3 is 10.1 Å². The number of hydrogen-bond donors (Lipinski definition) is 1. The third-order valence-corrected chi connectivity index (χ3v) is 4.43. The van der Waals surface area contributed by atoms with E-state index in [-0.39, 0.29) is 11.6 Å². The number of halogens is 1. The predicted octanol–water partition coefficient (Wildman–Crippen LogP) is 2.84. The smallest absolute Gasteiger partial charge is 0.165 e. The Balaban J connectivity index is 1.71. The molecule has 2 heterocycles. The zero-order valence-electron chi connectivity index (χ0n) is 14.0. The summed E-state index contributed by atoms with van der Waals surface area (Å²) in [6.07, 6.45) is 4.88. The zero-order chi connectivity index (χ0) is 16.8. The topological polar surface area (TPSA) is 37.4 Å². The largest absolute Gasteiger partial charge is 0.494 e. The van der Waals surface area contributed by atoms with E-state index in [0.717, 1.165) is 31.7 Å². The molecule has 1 aliphatic heterocycles. The molecule has 24 heavy (non-hydrogen) atoms. The van der Waals surface area contributed by atoms with Crippen LogP contribution in [0.1, 0.15) is 17.5 Å². The normalized spacial score (nSPS) is 17.4. The highest BCUT2D eigenvalue weighted by Gasteiger charge is 2.19. The van der Waals surface area contributed by atoms with E-state index in [1.54, 1.807) is 18.3 Å². The second-order valence-corrected chi connectivity index (χ2v) is 6.36. The molecular weight excluding hydrogens is 305 g/mol. The molecule has 1 saturated heterocycles. The lowest BCUT2D eigenvalue weighted by molar-refractivity contribution is 0.220. The second-order valence-electron chi connectivity index (χ2n) is 6.36. The van der Waals surface area contributed by atoms with Gasteiger partial charge >= 0.3 is 0 Å². The van der Waals surface area contributed by atoms with Crippen LogP contribution in [0.3, 0.4) is 0 Å². The van der Waals surface area contributed by atoms with Crippen molar-refractivity contribution in [1.82, 2.24) is 15.2 Å². The van der Waals surface area contributed by atoms with Crippen molar-refractivity contribution in [3.8, 4) is 5.75 Å². The number of nitrogens with one attached hydrogen (secondary N) is 1. The van der Waals surface area contributed by atoms with Crippen LogP contribution in [0.15, 0.2) is 42.7 Å². The molecule has 4 nitrogen and oxygen atoms in total. The van der Waals surface area contributed by atoms with Crippen LogP contribution >= 0.6 is 0 Å². The summed E-state index contributed by atoms with van der Waals surface area (Å²) in [5, 5.41) is 3.41. The van der Waals surface area contributed by atoms with Gasteiger partial charge in [0.1, 0.15) is 0 Å². The Hall–Kier alpha value is -1.98. The van der Waals surface area contributed by atoms with Crippen molar-refractivity contribution < 1.29 is 9.13 Å². The van der Waals surface area contributed by atoms with Crippen LogP contribution in [-0.2, 0) is 13.1 Å². The summed E-state index contributed by atoms with van der Waals surface area (Å²) in [5.74, 6) is 0.626. The lowest BCUT2D eigenvalue weighted by atomic mass is 10.1. The molecule has 1 N–H and O–H groups in total. The molecule has 5 heteroatoms. The molecule has 1 aromatic carbocycles. The lowest BCUT2D eigenvalue weighted by Gasteiger charge is -2.25. The fourth-order valence-corrected chi connectivity index (χ4v) is 3.24.